The summed E-state index contributed by atoms with van der Waals surface area (Å²) in [5, 5.41) is 5.83. The lowest BCUT2D eigenvalue weighted by Gasteiger charge is -2.24. The van der Waals surface area contributed by atoms with Gasteiger partial charge in [0.25, 0.3) is 0 Å². The zero-order valence-corrected chi connectivity index (χ0v) is 10.1. The van der Waals surface area contributed by atoms with Crippen molar-refractivity contribution in [1.82, 2.24) is 5.01 Å². The normalized spacial score (nSPS) is 19.5. The first-order valence-corrected chi connectivity index (χ1v) is 5.55. The standard InChI is InChI=1S/C11H13ClN4O/c1-15-10(7-17)16(11(12)14-15)9-4-2-3-8(5-9)6-13/h2-5,7,10H,6,13H2,1H3. The van der Waals surface area contributed by atoms with Crippen molar-refractivity contribution in [3.8, 4) is 0 Å². The van der Waals surface area contributed by atoms with Crippen molar-refractivity contribution in [3.05, 3.63) is 29.8 Å². The average molecular weight is 253 g/mol. The first-order valence-electron chi connectivity index (χ1n) is 5.18. The molecule has 1 heterocycles. The Morgan fingerprint density at radius 1 is 1.59 bits per heavy atom. The number of hydrazone groups is 1. The SMILES string of the molecule is CN1N=C(Cl)N(c2cccc(CN)c2)C1C=O. The third-order valence-electron chi connectivity index (χ3n) is 2.63. The van der Waals surface area contributed by atoms with E-state index in [-0.39, 0.29) is 5.29 Å². The molecule has 5 nitrogen and oxygen atoms in total. The Morgan fingerprint density at radius 2 is 2.35 bits per heavy atom. The Labute approximate surface area is 104 Å². The molecule has 0 bridgehead atoms. The fourth-order valence-corrected chi connectivity index (χ4v) is 2.07. The number of likely N-dealkylation sites (N-methyl/N-ethyl adjacent to an activating group) is 1. The summed E-state index contributed by atoms with van der Waals surface area (Å²) in [6.07, 6.45) is 0.295. The van der Waals surface area contributed by atoms with Gasteiger partial charge in [-0.1, -0.05) is 12.1 Å². The predicted molar refractivity (Wildman–Crippen MR) is 67.7 cm³/mol. The Bertz CT molecular complexity index is 463. The van der Waals surface area contributed by atoms with Gasteiger partial charge < -0.3 is 5.73 Å². The molecule has 17 heavy (non-hydrogen) atoms. The van der Waals surface area contributed by atoms with Gasteiger partial charge >= 0.3 is 0 Å². The third-order valence-corrected chi connectivity index (χ3v) is 2.89. The van der Waals surface area contributed by atoms with Crippen LogP contribution in [-0.2, 0) is 11.3 Å². The van der Waals surface area contributed by atoms with Gasteiger partial charge in [-0.15, -0.1) is 5.10 Å². The average Bonchev–Trinajstić information content (AvgIpc) is 2.63. The van der Waals surface area contributed by atoms with Crippen LogP contribution in [0.4, 0.5) is 5.69 Å². The summed E-state index contributed by atoms with van der Waals surface area (Å²) in [6, 6.07) is 7.56. The number of nitrogens with two attached hydrogens (primary N) is 1. The Balaban J connectivity index is 2.38. The van der Waals surface area contributed by atoms with Crippen LogP contribution in [-0.4, -0.2) is 29.8 Å². The second-order valence-electron chi connectivity index (χ2n) is 3.74. The van der Waals surface area contributed by atoms with Gasteiger partial charge in [-0.05, 0) is 29.3 Å². The smallest absolute Gasteiger partial charge is 0.223 e. The first kappa shape index (κ1) is 11.9. The van der Waals surface area contributed by atoms with E-state index in [9.17, 15) is 4.79 Å². The molecule has 0 saturated heterocycles. The van der Waals surface area contributed by atoms with E-state index in [4.69, 9.17) is 17.3 Å². The minimum atomic E-state index is -0.504. The minimum Gasteiger partial charge on any atom is -0.326 e. The molecule has 0 saturated carbocycles. The second kappa shape index (κ2) is 4.73. The molecule has 1 aromatic carbocycles. The van der Waals surface area contributed by atoms with Crippen LogP contribution in [0.5, 0.6) is 0 Å². The number of carbonyl (C=O) groups is 1. The number of carbonyl (C=O) groups excluding carboxylic acids is 1. The van der Waals surface area contributed by atoms with Gasteiger partial charge in [0.1, 0.15) is 0 Å². The summed E-state index contributed by atoms with van der Waals surface area (Å²) in [5.41, 5.74) is 7.37. The lowest BCUT2D eigenvalue weighted by molar-refractivity contribution is -0.111. The molecule has 0 amide bonds. The molecular weight excluding hydrogens is 240 g/mol. The highest BCUT2D eigenvalue weighted by Gasteiger charge is 2.31. The van der Waals surface area contributed by atoms with Gasteiger partial charge in [0, 0.05) is 19.3 Å². The van der Waals surface area contributed by atoms with Crippen LogP contribution in [0.3, 0.4) is 0 Å². The second-order valence-corrected chi connectivity index (χ2v) is 4.07. The monoisotopic (exact) mass is 252 g/mol. The van der Waals surface area contributed by atoms with Gasteiger partial charge in [0.15, 0.2) is 12.5 Å². The topological polar surface area (TPSA) is 61.9 Å². The summed E-state index contributed by atoms with van der Waals surface area (Å²) in [6.45, 7) is 0.442. The number of hydrogen-bond acceptors (Lipinski definition) is 5. The van der Waals surface area contributed by atoms with Crippen molar-refractivity contribution in [1.29, 1.82) is 0 Å². The number of benzene rings is 1. The summed E-state index contributed by atoms with van der Waals surface area (Å²) in [4.78, 5) is 12.7. The molecule has 0 aliphatic carbocycles. The predicted octanol–water partition coefficient (Wildman–Crippen LogP) is 0.932. The van der Waals surface area contributed by atoms with E-state index in [2.05, 4.69) is 5.10 Å². The number of nitrogens with zero attached hydrogens (tertiary/aromatic N) is 3. The molecule has 0 radical (unpaired) electrons. The third kappa shape index (κ3) is 2.11. The Morgan fingerprint density at radius 3 is 3.00 bits per heavy atom. The molecular formula is C11H13ClN4O. The lowest BCUT2D eigenvalue weighted by atomic mass is 10.2. The zero-order valence-electron chi connectivity index (χ0n) is 9.38. The van der Waals surface area contributed by atoms with Gasteiger partial charge in [-0.3, -0.25) is 14.7 Å². The number of aldehydes is 1. The van der Waals surface area contributed by atoms with Crippen molar-refractivity contribution in [2.24, 2.45) is 10.8 Å². The van der Waals surface area contributed by atoms with Crippen molar-refractivity contribution < 1.29 is 4.79 Å². The maximum Gasteiger partial charge on any atom is 0.223 e. The van der Waals surface area contributed by atoms with Gasteiger partial charge in [0.05, 0.1) is 0 Å². The Hall–Kier alpha value is -1.59. The zero-order chi connectivity index (χ0) is 12.4. The van der Waals surface area contributed by atoms with E-state index < -0.39 is 6.17 Å². The van der Waals surface area contributed by atoms with Gasteiger partial charge in [0.2, 0.25) is 5.29 Å². The summed E-state index contributed by atoms with van der Waals surface area (Å²) in [7, 11) is 1.70. The van der Waals surface area contributed by atoms with Crippen LogP contribution in [0.2, 0.25) is 0 Å². The Kier molecular flexibility index (Phi) is 3.31. The molecule has 0 aromatic heterocycles. The van der Waals surface area contributed by atoms with Crippen LogP contribution in [0.15, 0.2) is 29.4 Å². The molecule has 0 fully saturated rings. The highest BCUT2D eigenvalue weighted by Crippen LogP contribution is 2.25. The van der Waals surface area contributed by atoms with Gasteiger partial charge in [-0.2, -0.15) is 0 Å². The van der Waals surface area contributed by atoms with Crippen molar-refractivity contribution >= 4 is 28.9 Å². The van der Waals surface area contributed by atoms with Crippen LogP contribution in [0.25, 0.3) is 0 Å². The van der Waals surface area contributed by atoms with E-state index in [1.807, 2.05) is 24.3 Å². The van der Waals surface area contributed by atoms with Crippen molar-refractivity contribution in [2.75, 3.05) is 11.9 Å². The van der Waals surface area contributed by atoms with Crippen LogP contribution >= 0.6 is 11.6 Å². The van der Waals surface area contributed by atoms with E-state index in [1.165, 1.54) is 5.01 Å². The molecule has 1 aromatic rings. The molecule has 90 valence electrons. The maximum absolute atomic E-state index is 11.1. The molecule has 0 spiro atoms. The largest absolute Gasteiger partial charge is 0.326 e. The molecule has 2 N–H and O–H groups in total. The first-order chi connectivity index (χ1) is 8.17. The van der Waals surface area contributed by atoms with E-state index >= 15 is 0 Å². The number of halogens is 1. The maximum atomic E-state index is 11.1. The fraction of sp³-hybridized carbons (Fsp3) is 0.273. The number of amidine groups is 1. The van der Waals surface area contributed by atoms with E-state index in [0.717, 1.165) is 17.5 Å². The highest BCUT2D eigenvalue weighted by atomic mass is 35.5. The fourth-order valence-electron chi connectivity index (χ4n) is 1.76. The summed E-state index contributed by atoms with van der Waals surface area (Å²) < 4.78 is 0. The van der Waals surface area contributed by atoms with E-state index in [1.54, 1.807) is 11.9 Å². The molecule has 6 heteroatoms. The molecule has 1 unspecified atom stereocenters. The number of anilines is 1. The number of rotatable bonds is 3. The van der Waals surface area contributed by atoms with E-state index in [0.29, 0.717) is 6.54 Å². The molecule has 1 atom stereocenters. The molecule has 1 aliphatic heterocycles. The van der Waals surface area contributed by atoms with Crippen LogP contribution in [0.1, 0.15) is 5.56 Å². The lowest BCUT2D eigenvalue weighted by Crippen LogP contribution is -2.41. The van der Waals surface area contributed by atoms with Crippen molar-refractivity contribution in [2.45, 2.75) is 12.7 Å². The van der Waals surface area contributed by atoms with Gasteiger partial charge in [-0.25, -0.2) is 0 Å². The van der Waals surface area contributed by atoms with Crippen LogP contribution in [0, 0.1) is 0 Å². The van der Waals surface area contributed by atoms with Crippen molar-refractivity contribution in [3.63, 3.8) is 0 Å². The number of hydrogen-bond donors (Lipinski definition) is 1. The summed E-state index contributed by atoms with van der Waals surface area (Å²) >= 11 is 6.02. The minimum absolute atomic E-state index is 0.277. The molecule has 1 aliphatic rings. The molecule has 2 rings (SSSR count). The summed E-state index contributed by atoms with van der Waals surface area (Å²) in [5.74, 6) is 0. The highest BCUT2D eigenvalue weighted by molar-refractivity contribution is 6.68. The quantitative estimate of drug-likeness (QED) is 0.642. The van der Waals surface area contributed by atoms with Crippen LogP contribution < -0.4 is 10.6 Å².